The fourth-order valence-corrected chi connectivity index (χ4v) is 2.97. The van der Waals surface area contributed by atoms with E-state index >= 15 is 0 Å². The number of rotatable bonds is 6. The van der Waals surface area contributed by atoms with E-state index in [9.17, 15) is 22.8 Å². The third-order valence-electron chi connectivity index (χ3n) is 4.29. The molecule has 0 spiro atoms. The Hall–Kier alpha value is -2.45. The Morgan fingerprint density at radius 1 is 1.15 bits per heavy atom. The Bertz CT molecular complexity index is 629. The molecule has 9 heteroatoms. The summed E-state index contributed by atoms with van der Waals surface area (Å²) in [7, 11) is 0. The molecule has 0 heterocycles. The number of carboxylic acids is 1. The van der Waals surface area contributed by atoms with Crippen LogP contribution < -0.4 is 15.4 Å². The van der Waals surface area contributed by atoms with E-state index in [2.05, 4.69) is 15.4 Å². The second kappa shape index (κ2) is 8.77. The second-order valence-electron chi connectivity index (χ2n) is 6.19. The maximum Gasteiger partial charge on any atom is 0.573 e. The van der Waals surface area contributed by atoms with Gasteiger partial charge < -0.3 is 20.5 Å². The van der Waals surface area contributed by atoms with Gasteiger partial charge in [0.25, 0.3) is 0 Å². The molecule has 6 nitrogen and oxygen atoms in total. The molecule has 0 aliphatic heterocycles. The number of amides is 2. The van der Waals surface area contributed by atoms with Crippen LogP contribution in [0.4, 0.5) is 18.0 Å². The van der Waals surface area contributed by atoms with Gasteiger partial charge in [0.15, 0.2) is 0 Å². The Morgan fingerprint density at radius 3 is 2.42 bits per heavy atom. The van der Waals surface area contributed by atoms with Crippen LogP contribution in [0, 0.1) is 5.92 Å². The van der Waals surface area contributed by atoms with Gasteiger partial charge in [-0.15, -0.1) is 13.2 Å². The molecule has 1 aromatic rings. The van der Waals surface area contributed by atoms with Crippen molar-refractivity contribution in [2.75, 3.05) is 6.54 Å². The first-order chi connectivity index (χ1) is 12.2. The molecule has 0 unspecified atom stereocenters. The zero-order chi connectivity index (χ0) is 19.2. The summed E-state index contributed by atoms with van der Waals surface area (Å²) < 4.78 is 41.1. The first-order valence-corrected chi connectivity index (χ1v) is 8.35. The van der Waals surface area contributed by atoms with Crippen LogP contribution in [0.25, 0.3) is 0 Å². The number of carbonyl (C=O) groups excluding carboxylic acids is 1. The number of benzene rings is 1. The van der Waals surface area contributed by atoms with Crippen molar-refractivity contribution in [2.45, 2.75) is 44.5 Å². The molecule has 3 N–H and O–H groups in total. The van der Waals surface area contributed by atoms with E-state index in [1.54, 1.807) is 6.07 Å². The summed E-state index contributed by atoms with van der Waals surface area (Å²) in [4.78, 5) is 22.8. The summed E-state index contributed by atoms with van der Waals surface area (Å²) in [5, 5.41) is 14.3. The number of aliphatic carboxylic acids is 1. The lowest BCUT2D eigenvalue weighted by Gasteiger charge is -2.26. The van der Waals surface area contributed by atoms with Crippen molar-refractivity contribution in [1.82, 2.24) is 10.6 Å². The Balaban J connectivity index is 1.75. The van der Waals surface area contributed by atoms with Gasteiger partial charge in [0, 0.05) is 12.6 Å². The van der Waals surface area contributed by atoms with E-state index in [1.165, 1.54) is 18.2 Å². The topological polar surface area (TPSA) is 87.7 Å². The lowest BCUT2D eigenvalue weighted by molar-refractivity contribution is -0.274. The van der Waals surface area contributed by atoms with E-state index in [0.29, 0.717) is 31.2 Å². The van der Waals surface area contributed by atoms with Crippen molar-refractivity contribution in [3.05, 3.63) is 29.8 Å². The minimum absolute atomic E-state index is 0.0913. The highest BCUT2D eigenvalue weighted by Gasteiger charge is 2.32. The molecule has 0 atom stereocenters. The molecule has 0 radical (unpaired) electrons. The highest BCUT2D eigenvalue weighted by Crippen LogP contribution is 2.26. The number of alkyl halides is 3. The molecule has 2 rings (SSSR count). The zero-order valence-electron chi connectivity index (χ0n) is 14.0. The maximum atomic E-state index is 12.4. The molecule has 26 heavy (non-hydrogen) atoms. The van der Waals surface area contributed by atoms with Crippen molar-refractivity contribution in [1.29, 1.82) is 0 Å². The molecular weight excluding hydrogens is 353 g/mol. The Kier molecular flexibility index (Phi) is 6.70. The molecule has 1 aromatic carbocycles. The monoisotopic (exact) mass is 374 g/mol. The molecular formula is C17H21F3N2O4. The third kappa shape index (κ3) is 6.45. The number of ether oxygens (including phenoxy) is 1. The fourth-order valence-electron chi connectivity index (χ4n) is 2.97. The average molecular weight is 374 g/mol. The molecule has 1 aliphatic carbocycles. The van der Waals surface area contributed by atoms with Gasteiger partial charge in [-0.25, -0.2) is 4.79 Å². The largest absolute Gasteiger partial charge is 0.573 e. The number of para-hydroxylation sites is 1. The van der Waals surface area contributed by atoms with Gasteiger partial charge in [-0.1, -0.05) is 18.2 Å². The van der Waals surface area contributed by atoms with Crippen LogP contribution >= 0.6 is 0 Å². The Labute approximate surface area is 148 Å². The van der Waals surface area contributed by atoms with E-state index in [1.807, 2.05) is 0 Å². The smallest absolute Gasteiger partial charge is 0.481 e. The lowest BCUT2D eigenvalue weighted by Crippen LogP contribution is -2.44. The van der Waals surface area contributed by atoms with Crippen molar-refractivity contribution < 1.29 is 32.6 Å². The van der Waals surface area contributed by atoms with Crippen LogP contribution in [-0.2, 0) is 11.2 Å². The van der Waals surface area contributed by atoms with E-state index in [0.717, 1.165) is 0 Å². The van der Waals surface area contributed by atoms with Crippen molar-refractivity contribution in [2.24, 2.45) is 5.92 Å². The first kappa shape index (κ1) is 19.9. The number of hydrogen-bond donors (Lipinski definition) is 3. The Morgan fingerprint density at radius 2 is 1.81 bits per heavy atom. The van der Waals surface area contributed by atoms with Crippen LogP contribution in [0.3, 0.4) is 0 Å². The van der Waals surface area contributed by atoms with Crippen LogP contribution in [0.1, 0.15) is 31.2 Å². The lowest BCUT2D eigenvalue weighted by atomic mass is 9.86. The van der Waals surface area contributed by atoms with Gasteiger partial charge in [0.05, 0.1) is 5.92 Å². The molecule has 2 amide bonds. The molecule has 1 fully saturated rings. The summed E-state index contributed by atoms with van der Waals surface area (Å²) in [6.07, 6.45) is -2.37. The summed E-state index contributed by atoms with van der Waals surface area (Å²) in [5.74, 6) is -1.46. The predicted molar refractivity (Wildman–Crippen MR) is 86.7 cm³/mol. The van der Waals surface area contributed by atoms with Gasteiger partial charge >= 0.3 is 18.4 Å². The summed E-state index contributed by atoms with van der Waals surface area (Å²) in [6.45, 7) is 0.147. The van der Waals surface area contributed by atoms with E-state index in [-0.39, 0.29) is 30.7 Å². The first-order valence-electron chi connectivity index (χ1n) is 8.35. The van der Waals surface area contributed by atoms with Crippen molar-refractivity contribution >= 4 is 12.0 Å². The number of halogens is 3. The third-order valence-corrected chi connectivity index (χ3v) is 4.29. The number of nitrogens with one attached hydrogen (secondary N) is 2. The molecule has 1 aliphatic rings. The second-order valence-corrected chi connectivity index (χ2v) is 6.19. The van der Waals surface area contributed by atoms with Gasteiger partial charge in [-0.2, -0.15) is 0 Å². The highest BCUT2D eigenvalue weighted by atomic mass is 19.4. The van der Waals surface area contributed by atoms with Gasteiger partial charge in [0.2, 0.25) is 0 Å². The van der Waals surface area contributed by atoms with E-state index < -0.39 is 18.4 Å². The number of carboxylic acid groups (broad SMARTS) is 1. The van der Waals surface area contributed by atoms with Crippen LogP contribution in [0.15, 0.2) is 24.3 Å². The normalized spacial score (nSPS) is 20.3. The van der Waals surface area contributed by atoms with Crippen molar-refractivity contribution in [3.63, 3.8) is 0 Å². The van der Waals surface area contributed by atoms with Gasteiger partial charge in [-0.3, -0.25) is 4.79 Å². The minimum atomic E-state index is -4.77. The quantitative estimate of drug-likeness (QED) is 0.714. The summed E-state index contributed by atoms with van der Waals surface area (Å²) in [6, 6.07) is 5.26. The fraction of sp³-hybridized carbons (Fsp3) is 0.529. The summed E-state index contributed by atoms with van der Waals surface area (Å²) in [5.41, 5.74) is 0.340. The standard InChI is InChI=1S/C17H21F3N2O4/c18-17(19,20)26-14-4-2-1-3-11(14)9-10-21-16(25)22-13-7-5-12(6-8-13)15(23)24/h1-4,12-13H,5-10H2,(H,23,24)(H2,21,22,25). The molecule has 0 saturated heterocycles. The molecule has 0 bridgehead atoms. The van der Waals surface area contributed by atoms with Gasteiger partial charge in [0.1, 0.15) is 5.75 Å². The predicted octanol–water partition coefficient (Wildman–Crippen LogP) is 3.07. The average Bonchev–Trinajstić information content (AvgIpc) is 2.55. The van der Waals surface area contributed by atoms with E-state index in [4.69, 9.17) is 5.11 Å². The maximum absolute atomic E-state index is 12.4. The van der Waals surface area contributed by atoms with Crippen LogP contribution in [-0.4, -0.2) is 36.1 Å². The molecule has 144 valence electrons. The minimum Gasteiger partial charge on any atom is -0.481 e. The zero-order valence-corrected chi connectivity index (χ0v) is 14.0. The number of carbonyl (C=O) groups is 2. The van der Waals surface area contributed by atoms with Crippen LogP contribution in [0.2, 0.25) is 0 Å². The van der Waals surface area contributed by atoms with Crippen molar-refractivity contribution in [3.8, 4) is 5.75 Å². The van der Waals surface area contributed by atoms with Gasteiger partial charge in [-0.05, 0) is 43.7 Å². The summed E-state index contributed by atoms with van der Waals surface area (Å²) >= 11 is 0. The van der Waals surface area contributed by atoms with Crippen LogP contribution in [0.5, 0.6) is 5.75 Å². The molecule has 0 aromatic heterocycles. The molecule has 1 saturated carbocycles. The number of urea groups is 1. The SMILES string of the molecule is O=C(NCCc1ccccc1OC(F)(F)F)NC1CCC(C(=O)O)CC1. The number of hydrogen-bond acceptors (Lipinski definition) is 3. The highest BCUT2D eigenvalue weighted by molar-refractivity contribution is 5.74.